The summed E-state index contributed by atoms with van der Waals surface area (Å²) in [6.07, 6.45) is 0. The maximum Gasteiger partial charge on any atom is 0.162 e. The summed E-state index contributed by atoms with van der Waals surface area (Å²) in [4.78, 5) is 9.02. The second-order valence-corrected chi connectivity index (χ2v) is 5.26. The highest BCUT2D eigenvalue weighted by Gasteiger charge is 2.14. The van der Waals surface area contributed by atoms with Crippen LogP contribution < -0.4 is 24.7 Å². The summed E-state index contributed by atoms with van der Waals surface area (Å²) in [7, 11) is 6.32. The first-order valence-electron chi connectivity index (χ1n) is 7.52. The molecule has 0 bridgehead atoms. The van der Waals surface area contributed by atoms with Crippen molar-refractivity contribution in [2.45, 2.75) is 0 Å². The molecule has 1 heterocycles. The molecule has 3 rings (SSSR count). The molecule has 0 aliphatic rings. The highest BCUT2D eigenvalue weighted by Crippen LogP contribution is 2.35. The second kappa shape index (κ2) is 6.72. The zero-order valence-electron chi connectivity index (χ0n) is 14.5. The van der Waals surface area contributed by atoms with Gasteiger partial charge in [-0.3, -0.25) is 0 Å². The maximum atomic E-state index is 6.14. The van der Waals surface area contributed by atoms with E-state index in [1.807, 2.05) is 12.1 Å². The molecule has 0 unspecified atom stereocenters. The van der Waals surface area contributed by atoms with E-state index in [0.717, 1.165) is 5.56 Å². The van der Waals surface area contributed by atoms with E-state index in [4.69, 9.17) is 24.7 Å². The van der Waals surface area contributed by atoms with Crippen molar-refractivity contribution in [3.63, 3.8) is 0 Å². The van der Waals surface area contributed by atoms with Crippen molar-refractivity contribution in [2.24, 2.45) is 0 Å². The van der Waals surface area contributed by atoms with Gasteiger partial charge in [-0.15, -0.1) is 0 Å². The van der Waals surface area contributed by atoms with Gasteiger partial charge < -0.3 is 24.7 Å². The number of fused-ring (bicyclic) bond motifs is 1. The van der Waals surface area contributed by atoms with Crippen LogP contribution in [0.2, 0.25) is 0 Å². The third-order valence-electron chi connectivity index (χ3n) is 3.84. The normalized spacial score (nSPS) is 10.6. The van der Waals surface area contributed by atoms with Gasteiger partial charge in [0.1, 0.15) is 17.3 Å². The van der Waals surface area contributed by atoms with Crippen LogP contribution in [0.3, 0.4) is 0 Å². The van der Waals surface area contributed by atoms with E-state index in [9.17, 15) is 0 Å². The molecule has 1 aromatic heterocycles. The van der Waals surface area contributed by atoms with Gasteiger partial charge in [0.05, 0.1) is 34.0 Å². The van der Waals surface area contributed by atoms with Crippen molar-refractivity contribution in [3.8, 4) is 34.4 Å². The molecular weight excluding hydrogens is 322 g/mol. The van der Waals surface area contributed by atoms with Crippen LogP contribution in [0, 0.1) is 0 Å². The zero-order chi connectivity index (χ0) is 18.0. The maximum absolute atomic E-state index is 6.14. The highest BCUT2D eigenvalue weighted by molar-refractivity contribution is 5.92. The van der Waals surface area contributed by atoms with Gasteiger partial charge in [-0.2, -0.15) is 0 Å². The quantitative estimate of drug-likeness (QED) is 0.763. The van der Waals surface area contributed by atoms with E-state index >= 15 is 0 Å². The van der Waals surface area contributed by atoms with Gasteiger partial charge in [-0.25, -0.2) is 9.97 Å². The summed E-state index contributed by atoms with van der Waals surface area (Å²) in [6.45, 7) is 0. The molecule has 2 aromatic carbocycles. The summed E-state index contributed by atoms with van der Waals surface area (Å²) in [5, 5.41) is 0.691. The summed E-state index contributed by atoms with van der Waals surface area (Å²) < 4.78 is 21.2. The third-order valence-corrected chi connectivity index (χ3v) is 3.84. The first-order chi connectivity index (χ1) is 12.1. The summed E-state index contributed by atoms with van der Waals surface area (Å²) >= 11 is 0. The van der Waals surface area contributed by atoms with Gasteiger partial charge in [-0.1, -0.05) is 0 Å². The number of anilines is 1. The molecule has 25 heavy (non-hydrogen) atoms. The predicted octanol–water partition coefficient (Wildman–Crippen LogP) is 2.91. The number of rotatable bonds is 5. The molecular formula is C18H19N3O4. The van der Waals surface area contributed by atoms with Gasteiger partial charge in [0, 0.05) is 23.1 Å². The smallest absolute Gasteiger partial charge is 0.162 e. The molecule has 0 aliphatic carbocycles. The Kier molecular flexibility index (Phi) is 4.47. The van der Waals surface area contributed by atoms with Crippen molar-refractivity contribution >= 4 is 16.7 Å². The second-order valence-electron chi connectivity index (χ2n) is 5.26. The number of hydrogen-bond donors (Lipinski definition) is 1. The van der Waals surface area contributed by atoms with Crippen LogP contribution in [0.4, 0.5) is 5.82 Å². The first kappa shape index (κ1) is 16.6. The van der Waals surface area contributed by atoms with E-state index in [0.29, 0.717) is 45.5 Å². The van der Waals surface area contributed by atoms with E-state index in [2.05, 4.69) is 9.97 Å². The fourth-order valence-electron chi connectivity index (χ4n) is 2.54. The zero-order valence-corrected chi connectivity index (χ0v) is 14.5. The van der Waals surface area contributed by atoms with Gasteiger partial charge >= 0.3 is 0 Å². The van der Waals surface area contributed by atoms with Crippen molar-refractivity contribution in [1.82, 2.24) is 9.97 Å². The number of nitrogens with zero attached hydrogens (tertiary/aromatic N) is 2. The van der Waals surface area contributed by atoms with Crippen LogP contribution >= 0.6 is 0 Å². The predicted molar refractivity (Wildman–Crippen MR) is 95.6 cm³/mol. The summed E-state index contributed by atoms with van der Waals surface area (Å²) in [6, 6.07) is 8.96. The molecule has 0 spiro atoms. The lowest BCUT2D eigenvalue weighted by Crippen LogP contribution is -2.00. The first-order valence-corrected chi connectivity index (χ1v) is 7.52. The Morgan fingerprint density at radius 3 is 1.88 bits per heavy atom. The summed E-state index contributed by atoms with van der Waals surface area (Å²) in [5.74, 6) is 3.24. The topological polar surface area (TPSA) is 88.7 Å². The lowest BCUT2D eigenvalue weighted by molar-refractivity contribution is 0.356. The molecule has 130 valence electrons. The minimum Gasteiger partial charge on any atom is -0.497 e. The van der Waals surface area contributed by atoms with Crippen LogP contribution in [0.5, 0.6) is 23.0 Å². The Balaban J connectivity index is 2.21. The SMILES string of the molecule is COc1cc(OC)cc(-c2nc(N)c3cc(OC)c(OC)cc3n2)c1. The lowest BCUT2D eigenvalue weighted by Gasteiger charge is -2.12. The van der Waals surface area contributed by atoms with Gasteiger partial charge in [-0.05, 0) is 18.2 Å². The molecule has 0 amide bonds. The summed E-state index contributed by atoms with van der Waals surface area (Å²) in [5.41, 5.74) is 7.53. The highest BCUT2D eigenvalue weighted by atomic mass is 16.5. The minimum atomic E-state index is 0.350. The lowest BCUT2D eigenvalue weighted by atomic mass is 10.1. The standard InChI is InChI=1S/C18H19N3O4/c1-22-11-5-10(6-12(7-11)23-2)18-20-14-9-16(25-4)15(24-3)8-13(14)17(19)21-18/h5-9H,1-4H3,(H2,19,20,21). The molecule has 3 aromatic rings. The number of nitrogens with two attached hydrogens (primary N) is 1. The van der Waals surface area contributed by atoms with Crippen molar-refractivity contribution in [1.29, 1.82) is 0 Å². The van der Waals surface area contributed by atoms with Crippen LogP contribution in [0.1, 0.15) is 0 Å². The molecule has 7 nitrogen and oxygen atoms in total. The van der Waals surface area contributed by atoms with Crippen LogP contribution in [-0.4, -0.2) is 38.4 Å². The number of aromatic nitrogens is 2. The van der Waals surface area contributed by atoms with Crippen molar-refractivity contribution in [2.75, 3.05) is 34.2 Å². The Bertz CT molecular complexity index is 906. The number of hydrogen-bond acceptors (Lipinski definition) is 7. The molecule has 0 radical (unpaired) electrons. The average molecular weight is 341 g/mol. The fourth-order valence-corrected chi connectivity index (χ4v) is 2.54. The van der Waals surface area contributed by atoms with Crippen LogP contribution in [0.25, 0.3) is 22.3 Å². The Morgan fingerprint density at radius 1 is 0.720 bits per heavy atom. The number of methoxy groups -OCH3 is 4. The molecule has 0 aliphatic heterocycles. The van der Waals surface area contributed by atoms with E-state index < -0.39 is 0 Å². The van der Waals surface area contributed by atoms with Gasteiger partial charge in [0.25, 0.3) is 0 Å². The number of ether oxygens (including phenoxy) is 4. The molecule has 0 atom stereocenters. The fraction of sp³-hybridized carbons (Fsp3) is 0.222. The number of nitrogen functional groups attached to an aromatic ring is 1. The molecule has 7 heteroatoms. The van der Waals surface area contributed by atoms with E-state index in [1.54, 1.807) is 46.6 Å². The molecule has 0 fully saturated rings. The van der Waals surface area contributed by atoms with Crippen LogP contribution in [-0.2, 0) is 0 Å². The van der Waals surface area contributed by atoms with Crippen molar-refractivity contribution in [3.05, 3.63) is 30.3 Å². The Hall–Kier alpha value is -3.22. The minimum absolute atomic E-state index is 0.350. The van der Waals surface area contributed by atoms with Gasteiger partial charge in [0.2, 0.25) is 0 Å². The third kappa shape index (κ3) is 3.08. The molecule has 0 saturated carbocycles. The monoisotopic (exact) mass is 341 g/mol. The largest absolute Gasteiger partial charge is 0.497 e. The Morgan fingerprint density at radius 2 is 1.32 bits per heavy atom. The van der Waals surface area contributed by atoms with Crippen molar-refractivity contribution < 1.29 is 18.9 Å². The molecule has 0 saturated heterocycles. The number of benzene rings is 2. The van der Waals surface area contributed by atoms with Gasteiger partial charge in [0.15, 0.2) is 17.3 Å². The molecule has 2 N–H and O–H groups in total. The van der Waals surface area contributed by atoms with E-state index in [1.165, 1.54) is 0 Å². The Labute approximate surface area is 145 Å². The van der Waals surface area contributed by atoms with Crippen LogP contribution in [0.15, 0.2) is 30.3 Å². The average Bonchev–Trinajstić information content (AvgIpc) is 2.66. The van der Waals surface area contributed by atoms with E-state index in [-0.39, 0.29) is 0 Å².